The molecule has 376 valence electrons. The Morgan fingerprint density at radius 1 is 0.667 bits per heavy atom. The molecule has 2 rings (SSSR count). The normalized spacial score (nSPS) is 14.9. The standard InChI is InChI=1S/C39H45F17N2O7Si/c1-22(2)66(23(3)4,21-18-32(40,41)33(42,43)34(44,45)35(46,47)36(48,49)37(50,51)38(52,53)39(54,55)56)64-20-19-63-28-14-10-25(11-15-28)30(24(5)8-7-9-29(59)58-61)65-31(60)57-26-12-16-27(62-6)17-13-26/h7,9-17,22-24,30,61H,8,18-21H2,1-6H3,(H,57,60)(H,58,59)/b9-7+/t24-,30-/m1/s1. The van der Waals surface area contributed by atoms with Gasteiger partial charge < -0.3 is 18.6 Å². The van der Waals surface area contributed by atoms with Crippen LogP contribution in [0, 0.1) is 5.92 Å². The summed E-state index contributed by atoms with van der Waals surface area (Å²) in [5.74, 6) is -57.6. The molecule has 0 radical (unpaired) electrons. The van der Waals surface area contributed by atoms with Gasteiger partial charge in [-0.1, -0.05) is 52.8 Å². The molecule has 0 saturated carbocycles. The van der Waals surface area contributed by atoms with Gasteiger partial charge in [0.2, 0.25) is 0 Å². The summed E-state index contributed by atoms with van der Waals surface area (Å²) < 4.78 is 258. The zero-order valence-electron chi connectivity index (χ0n) is 35.4. The molecule has 2 aromatic carbocycles. The molecule has 2 amide bonds. The van der Waals surface area contributed by atoms with Crippen LogP contribution in [0.15, 0.2) is 60.7 Å². The van der Waals surface area contributed by atoms with E-state index in [0.29, 0.717) is 17.0 Å². The minimum Gasteiger partial charge on any atom is -0.497 e. The third-order valence-corrected chi connectivity index (χ3v) is 16.2. The molecule has 0 spiro atoms. The average molecular weight is 1000 g/mol. The Bertz CT molecular complexity index is 1920. The van der Waals surface area contributed by atoms with Crippen LogP contribution >= 0.6 is 0 Å². The largest absolute Gasteiger partial charge is 0.497 e. The van der Waals surface area contributed by atoms with Crippen molar-refractivity contribution >= 4 is 26.0 Å². The first kappa shape index (κ1) is 57.6. The van der Waals surface area contributed by atoms with Crippen LogP contribution in [-0.2, 0) is 14.0 Å². The summed E-state index contributed by atoms with van der Waals surface area (Å²) in [6.07, 6.45) is -9.73. The first-order chi connectivity index (χ1) is 30.0. The molecule has 66 heavy (non-hydrogen) atoms. The van der Waals surface area contributed by atoms with Crippen LogP contribution in [-0.4, -0.2) is 93.5 Å². The van der Waals surface area contributed by atoms with Crippen molar-refractivity contribution < 1.29 is 108 Å². The van der Waals surface area contributed by atoms with Gasteiger partial charge in [-0.15, -0.1) is 0 Å². The van der Waals surface area contributed by atoms with Crippen LogP contribution in [0.3, 0.4) is 0 Å². The lowest BCUT2D eigenvalue weighted by molar-refractivity contribution is -0.461. The maximum absolute atomic E-state index is 15.0. The van der Waals surface area contributed by atoms with Crippen LogP contribution in [0.2, 0.25) is 17.1 Å². The number of alkyl halides is 17. The summed E-state index contributed by atoms with van der Waals surface area (Å²) in [4.78, 5) is 24.3. The molecular formula is C39H45F17N2O7Si. The molecule has 27 heteroatoms. The number of hydrogen-bond donors (Lipinski definition) is 3. The number of hydrogen-bond acceptors (Lipinski definition) is 7. The Kier molecular flexibility index (Phi) is 18.5. The molecule has 0 aromatic heterocycles. The van der Waals surface area contributed by atoms with Crippen molar-refractivity contribution in [1.29, 1.82) is 0 Å². The summed E-state index contributed by atoms with van der Waals surface area (Å²) in [6.45, 7) is 5.92. The SMILES string of the molecule is COc1ccc(NC(=O)O[C@@H](c2ccc(OCCO[Si](CCC(F)(F)C(F)(F)C(F)(F)C(F)(F)C(F)(F)C(F)(F)C(F)(F)C(F)(F)F)(C(C)C)C(C)C)cc2)[C@H](C)C/C=C/C(=O)NO)cc1. The maximum atomic E-state index is 15.0. The van der Waals surface area contributed by atoms with Gasteiger partial charge in [-0.25, -0.2) is 10.3 Å². The van der Waals surface area contributed by atoms with Crippen molar-refractivity contribution in [2.24, 2.45) is 5.92 Å². The molecule has 9 nitrogen and oxygen atoms in total. The van der Waals surface area contributed by atoms with E-state index in [9.17, 15) is 84.2 Å². The zero-order valence-corrected chi connectivity index (χ0v) is 36.4. The molecule has 0 aliphatic rings. The highest BCUT2D eigenvalue weighted by Gasteiger charge is 2.95. The van der Waals surface area contributed by atoms with Gasteiger partial charge in [-0.05, 0) is 65.5 Å². The van der Waals surface area contributed by atoms with E-state index >= 15 is 0 Å². The van der Waals surface area contributed by atoms with E-state index < -0.39 is 117 Å². The number of methoxy groups -OCH3 is 1. The second kappa shape index (κ2) is 21.2. The number of benzene rings is 2. The van der Waals surface area contributed by atoms with Gasteiger partial charge in [0.15, 0.2) is 8.32 Å². The molecule has 0 saturated heterocycles. The van der Waals surface area contributed by atoms with Crippen LogP contribution in [0.5, 0.6) is 11.5 Å². The summed E-state index contributed by atoms with van der Waals surface area (Å²) in [5, 5.41) is 11.3. The van der Waals surface area contributed by atoms with Gasteiger partial charge in [0, 0.05) is 24.1 Å². The molecule has 0 fully saturated rings. The van der Waals surface area contributed by atoms with Crippen LogP contribution in [0.4, 0.5) is 85.1 Å². The minimum absolute atomic E-state index is 0.0991. The second-order valence-electron chi connectivity index (χ2n) is 15.4. The topological polar surface area (TPSA) is 115 Å². The Balaban J connectivity index is 2.29. The predicted molar refractivity (Wildman–Crippen MR) is 203 cm³/mol. The highest BCUT2D eigenvalue weighted by Crippen LogP contribution is 2.64. The molecule has 0 heterocycles. The van der Waals surface area contributed by atoms with Crippen molar-refractivity contribution in [3.05, 3.63) is 66.2 Å². The van der Waals surface area contributed by atoms with E-state index in [-0.39, 0.29) is 12.2 Å². The summed E-state index contributed by atoms with van der Waals surface area (Å²) >= 11 is 0. The number of anilines is 1. The molecular weight excluding hydrogens is 959 g/mol. The van der Waals surface area contributed by atoms with E-state index in [2.05, 4.69) is 5.32 Å². The highest BCUT2D eigenvalue weighted by atomic mass is 28.4. The fraction of sp³-hybridized carbons (Fsp3) is 0.590. The number of ether oxygens (including phenoxy) is 3. The number of allylic oxidation sites excluding steroid dienone is 1. The molecule has 0 bridgehead atoms. The van der Waals surface area contributed by atoms with Crippen molar-refractivity contribution in [1.82, 2.24) is 5.48 Å². The molecule has 3 N–H and O–H groups in total. The summed E-state index contributed by atoms with van der Waals surface area (Å²) in [5.41, 5.74) is 0.348. The van der Waals surface area contributed by atoms with E-state index in [1.54, 1.807) is 19.1 Å². The van der Waals surface area contributed by atoms with Gasteiger partial charge in [0.1, 0.15) is 24.2 Å². The average Bonchev–Trinajstić information content (AvgIpc) is 3.21. The lowest BCUT2D eigenvalue weighted by Crippen LogP contribution is -2.74. The van der Waals surface area contributed by atoms with Crippen LogP contribution in [0.1, 0.15) is 59.1 Å². The number of carbonyl (C=O) groups is 2. The molecule has 2 atom stereocenters. The first-order valence-electron chi connectivity index (χ1n) is 19.3. The number of hydroxylamine groups is 1. The van der Waals surface area contributed by atoms with Gasteiger partial charge >= 0.3 is 53.7 Å². The smallest absolute Gasteiger partial charge is 0.460 e. The van der Waals surface area contributed by atoms with Gasteiger partial charge in [0.05, 0.1) is 13.7 Å². The maximum Gasteiger partial charge on any atom is 0.460 e. The van der Waals surface area contributed by atoms with Gasteiger partial charge in [-0.2, -0.15) is 74.6 Å². The van der Waals surface area contributed by atoms with Crippen molar-refractivity contribution in [3.8, 4) is 11.5 Å². The highest BCUT2D eigenvalue weighted by molar-refractivity contribution is 6.76. The minimum atomic E-state index is -8.71. The quantitative estimate of drug-likeness (QED) is 0.0240. The second-order valence-corrected chi connectivity index (χ2v) is 20.5. The number of rotatable bonds is 24. The fourth-order valence-corrected chi connectivity index (χ4v) is 11.0. The van der Waals surface area contributed by atoms with E-state index in [0.717, 1.165) is 6.08 Å². The predicted octanol–water partition coefficient (Wildman–Crippen LogP) is 12.6. The molecule has 0 aliphatic heterocycles. The van der Waals surface area contributed by atoms with E-state index in [1.807, 2.05) is 0 Å². The number of nitrogens with one attached hydrogen (secondary N) is 2. The van der Waals surface area contributed by atoms with E-state index in [4.69, 9.17) is 23.8 Å². The molecule has 2 aromatic rings. The van der Waals surface area contributed by atoms with Crippen LogP contribution < -0.4 is 20.3 Å². The lowest BCUT2D eigenvalue weighted by Gasteiger charge is -2.44. The third kappa shape index (κ3) is 11.8. The van der Waals surface area contributed by atoms with Crippen LogP contribution in [0.25, 0.3) is 0 Å². The van der Waals surface area contributed by atoms with Crippen molar-refractivity contribution in [2.75, 3.05) is 25.6 Å². The first-order valence-corrected chi connectivity index (χ1v) is 21.5. The van der Waals surface area contributed by atoms with Crippen molar-refractivity contribution in [3.63, 3.8) is 0 Å². The van der Waals surface area contributed by atoms with Crippen molar-refractivity contribution in [2.45, 2.75) is 118 Å². The Hall–Kier alpha value is -4.53. The monoisotopic (exact) mass is 1000 g/mol. The number of amides is 2. The third-order valence-electron chi connectivity index (χ3n) is 10.5. The van der Waals surface area contributed by atoms with Gasteiger partial charge in [0.25, 0.3) is 5.91 Å². The lowest BCUT2D eigenvalue weighted by atomic mass is 9.88. The number of halogens is 17. The molecule has 0 aliphatic carbocycles. The summed E-state index contributed by atoms with van der Waals surface area (Å²) in [6, 6.07) is 10.5. The Morgan fingerprint density at radius 2 is 1.14 bits per heavy atom. The summed E-state index contributed by atoms with van der Waals surface area (Å²) in [7, 11) is -2.59. The van der Waals surface area contributed by atoms with E-state index in [1.165, 1.54) is 82.8 Å². The number of carbonyl (C=O) groups excluding carboxylic acids is 2. The molecule has 0 unspecified atom stereocenters. The zero-order chi connectivity index (χ0) is 51.1. The Morgan fingerprint density at radius 3 is 1.59 bits per heavy atom. The van der Waals surface area contributed by atoms with Gasteiger partial charge in [-0.3, -0.25) is 15.3 Å². The Labute approximate surface area is 367 Å². The fourth-order valence-electron chi connectivity index (χ4n) is 6.50.